The van der Waals surface area contributed by atoms with Crippen molar-refractivity contribution in [2.75, 3.05) is 32.4 Å². The maximum absolute atomic E-state index is 6.21. The molecule has 0 spiro atoms. The van der Waals surface area contributed by atoms with Crippen LogP contribution in [0.4, 0.5) is 17.5 Å². The van der Waals surface area contributed by atoms with Crippen molar-refractivity contribution in [1.82, 2.24) is 19.9 Å². The molecule has 0 unspecified atom stereocenters. The molecule has 0 aliphatic heterocycles. The molecule has 2 aromatic carbocycles. The molecule has 0 aliphatic rings. The zero-order valence-electron chi connectivity index (χ0n) is 16.7. The predicted molar refractivity (Wildman–Crippen MR) is 114 cm³/mol. The Morgan fingerprint density at radius 1 is 0.833 bits per heavy atom. The highest BCUT2D eigenvalue weighted by molar-refractivity contribution is 5.84. The Kier molecular flexibility index (Phi) is 5.17. The number of rotatable bonds is 6. The number of methoxy groups -OCH3 is 3. The summed E-state index contributed by atoms with van der Waals surface area (Å²) in [4.78, 5) is 17.4. The summed E-state index contributed by atoms with van der Waals surface area (Å²) in [6.07, 6.45) is 4.97. The fraction of sp³-hybridized carbons (Fsp3) is 0.143. The van der Waals surface area contributed by atoms with Gasteiger partial charge in [-0.1, -0.05) is 6.07 Å². The molecule has 4 rings (SSSR count). The summed E-state index contributed by atoms with van der Waals surface area (Å²) in [5.74, 6) is 2.21. The molecule has 0 aliphatic carbocycles. The van der Waals surface area contributed by atoms with Gasteiger partial charge >= 0.3 is 0 Å². The van der Waals surface area contributed by atoms with E-state index in [0.717, 1.165) is 16.6 Å². The van der Waals surface area contributed by atoms with Crippen LogP contribution in [0.1, 0.15) is 0 Å². The summed E-state index contributed by atoms with van der Waals surface area (Å²) in [5, 5.41) is 3.11. The number of aromatic nitrogens is 4. The first-order valence-corrected chi connectivity index (χ1v) is 9.03. The first-order chi connectivity index (χ1) is 14.6. The molecule has 0 saturated heterocycles. The normalized spacial score (nSPS) is 10.6. The second kappa shape index (κ2) is 8.08. The number of anilines is 3. The van der Waals surface area contributed by atoms with Crippen LogP contribution in [0.15, 0.2) is 48.9 Å². The predicted octanol–water partition coefficient (Wildman–Crippen LogP) is 3.44. The first kappa shape index (κ1) is 19.2. The third kappa shape index (κ3) is 3.60. The van der Waals surface area contributed by atoms with E-state index in [-0.39, 0.29) is 0 Å². The highest BCUT2D eigenvalue weighted by Gasteiger charge is 2.14. The van der Waals surface area contributed by atoms with Crippen LogP contribution < -0.4 is 25.3 Å². The molecule has 0 fully saturated rings. The maximum atomic E-state index is 6.21. The smallest absolute Gasteiger partial charge is 0.229 e. The molecule has 9 nitrogen and oxygen atoms in total. The lowest BCUT2D eigenvalue weighted by Gasteiger charge is -2.15. The van der Waals surface area contributed by atoms with Crippen LogP contribution in [0.3, 0.4) is 0 Å². The van der Waals surface area contributed by atoms with Crippen LogP contribution in [0.2, 0.25) is 0 Å². The number of hydrogen-bond acceptors (Lipinski definition) is 9. The molecule has 9 heteroatoms. The number of fused-ring (bicyclic) bond motifs is 1. The monoisotopic (exact) mass is 404 g/mol. The molecule has 3 N–H and O–H groups in total. The molecule has 0 amide bonds. The summed E-state index contributed by atoms with van der Waals surface area (Å²) >= 11 is 0. The minimum Gasteiger partial charge on any atom is -0.493 e. The largest absolute Gasteiger partial charge is 0.493 e. The zero-order chi connectivity index (χ0) is 21.1. The highest BCUT2D eigenvalue weighted by atomic mass is 16.5. The van der Waals surface area contributed by atoms with E-state index >= 15 is 0 Å². The second-order valence-electron chi connectivity index (χ2n) is 6.29. The number of benzene rings is 2. The molecule has 0 atom stereocenters. The highest BCUT2D eigenvalue weighted by Crippen LogP contribution is 2.40. The number of nitrogens with one attached hydrogen (secondary N) is 1. The lowest BCUT2D eigenvalue weighted by atomic mass is 10.1. The molecular formula is C21H20N6O3. The lowest BCUT2D eigenvalue weighted by Crippen LogP contribution is -2.03. The zero-order valence-corrected chi connectivity index (χ0v) is 16.7. The van der Waals surface area contributed by atoms with Gasteiger partial charge in [0.2, 0.25) is 11.7 Å². The van der Waals surface area contributed by atoms with E-state index in [4.69, 9.17) is 19.9 Å². The molecule has 0 radical (unpaired) electrons. The van der Waals surface area contributed by atoms with E-state index in [0.29, 0.717) is 40.3 Å². The fourth-order valence-corrected chi connectivity index (χ4v) is 3.09. The number of nitrogen functional groups attached to an aromatic ring is 1. The average Bonchev–Trinajstić information content (AvgIpc) is 2.78. The van der Waals surface area contributed by atoms with Gasteiger partial charge in [-0.3, -0.25) is 9.97 Å². The Balaban J connectivity index is 1.65. The first-order valence-electron chi connectivity index (χ1n) is 9.03. The van der Waals surface area contributed by atoms with Crippen molar-refractivity contribution < 1.29 is 14.2 Å². The van der Waals surface area contributed by atoms with Crippen molar-refractivity contribution in [2.24, 2.45) is 0 Å². The Bertz CT molecular complexity index is 1190. The van der Waals surface area contributed by atoms with Gasteiger partial charge in [-0.2, -0.15) is 4.98 Å². The van der Waals surface area contributed by atoms with E-state index in [1.54, 1.807) is 52.1 Å². The van der Waals surface area contributed by atoms with Crippen LogP contribution >= 0.6 is 0 Å². The quantitative estimate of drug-likeness (QED) is 0.498. The van der Waals surface area contributed by atoms with Crippen molar-refractivity contribution in [3.8, 4) is 28.4 Å². The van der Waals surface area contributed by atoms with Gasteiger partial charge in [-0.15, -0.1) is 0 Å². The van der Waals surface area contributed by atoms with E-state index < -0.39 is 0 Å². The van der Waals surface area contributed by atoms with Crippen molar-refractivity contribution >= 4 is 28.5 Å². The van der Waals surface area contributed by atoms with E-state index in [1.807, 2.05) is 18.2 Å². The van der Waals surface area contributed by atoms with E-state index in [9.17, 15) is 0 Å². The van der Waals surface area contributed by atoms with Crippen molar-refractivity contribution in [1.29, 1.82) is 0 Å². The van der Waals surface area contributed by atoms with Crippen molar-refractivity contribution in [2.45, 2.75) is 0 Å². The van der Waals surface area contributed by atoms with Gasteiger partial charge in [-0.05, 0) is 17.7 Å². The van der Waals surface area contributed by atoms with Gasteiger partial charge in [0.15, 0.2) is 11.5 Å². The standard InChI is InChI=1S/C21H20N6O3/c1-28-17-9-13(10-18(29-2)19(17)30-3)26-21-25-11-14(20(22)27-21)12-4-5-15-16(8-12)24-7-6-23-15/h4-11H,1-3H3,(H3,22,25,26,27). The molecule has 2 aromatic heterocycles. The third-order valence-electron chi connectivity index (χ3n) is 4.52. The van der Waals surface area contributed by atoms with Gasteiger partial charge in [0.25, 0.3) is 0 Å². The second-order valence-corrected chi connectivity index (χ2v) is 6.29. The van der Waals surface area contributed by atoms with Crippen LogP contribution in [0, 0.1) is 0 Å². The number of nitrogens with zero attached hydrogens (tertiary/aromatic N) is 4. The summed E-state index contributed by atoms with van der Waals surface area (Å²) in [6, 6.07) is 9.23. The van der Waals surface area contributed by atoms with Crippen LogP contribution in [-0.4, -0.2) is 41.3 Å². The van der Waals surface area contributed by atoms with Gasteiger partial charge in [0.05, 0.1) is 32.4 Å². The number of ether oxygens (including phenoxy) is 3. The summed E-state index contributed by atoms with van der Waals surface area (Å²) < 4.78 is 16.1. The Hall–Kier alpha value is -4.14. The van der Waals surface area contributed by atoms with Gasteiger partial charge in [-0.25, -0.2) is 4.98 Å². The maximum Gasteiger partial charge on any atom is 0.229 e. The van der Waals surface area contributed by atoms with Crippen LogP contribution in [0.25, 0.3) is 22.2 Å². The fourth-order valence-electron chi connectivity index (χ4n) is 3.09. The summed E-state index contributed by atoms with van der Waals surface area (Å²) in [5.41, 5.74) is 10.0. The molecule has 0 saturated carbocycles. The van der Waals surface area contributed by atoms with Crippen molar-refractivity contribution in [3.63, 3.8) is 0 Å². The topological polar surface area (TPSA) is 117 Å². The SMILES string of the molecule is COc1cc(Nc2ncc(-c3ccc4nccnc4c3)c(N)n2)cc(OC)c1OC. The molecular weight excluding hydrogens is 384 g/mol. The van der Waals surface area contributed by atoms with Gasteiger partial charge in [0, 0.05) is 42.0 Å². The Morgan fingerprint density at radius 2 is 1.53 bits per heavy atom. The van der Waals surface area contributed by atoms with Crippen molar-refractivity contribution in [3.05, 3.63) is 48.9 Å². The lowest BCUT2D eigenvalue weighted by molar-refractivity contribution is 0.324. The summed E-state index contributed by atoms with van der Waals surface area (Å²) in [6.45, 7) is 0. The minimum atomic E-state index is 0.336. The van der Waals surface area contributed by atoms with Gasteiger partial charge in [0.1, 0.15) is 5.82 Å². The van der Waals surface area contributed by atoms with Crippen LogP contribution in [0.5, 0.6) is 17.2 Å². The molecule has 4 aromatic rings. The molecule has 152 valence electrons. The number of nitrogens with two attached hydrogens (primary N) is 1. The molecule has 30 heavy (non-hydrogen) atoms. The van der Waals surface area contributed by atoms with E-state index in [1.165, 1.54) is 0 Å². The molecule has 2 heterocycles. The Morgan fingerprint density at radius 3 is 2.17 bits per heavy atom. The van der Waals surface area contributed by atoms with Crippen LogP contribution in [-0.2, 0) is 0 Å². The summed E-state index contributed by atoms with van der Waals surface area (Å²) in [7, 11) is 4.66. The molecule has 0 bridgehead atoms. The Labute approximate surface area is 172 Å². The minimum absolute atomic E-state index is 0.336. The van der Waals surface area contributed by atoms with Gasteiger partial charge < -0.3 is 25.3 Å². The third-order valence-corrected chi connectivity index (χ3v) is 4.52. The van der Waals surface area contributed by atoms with E-state index in [2.05, 4.69) is 25.3 Å². The number of hydrogen-bond donors (Lipinski definition) is 2. The average molecular weight is 404 g/mol.